The Labute approximate surface area is 126 Å². The number of rotatable bonds is 4. The highest BCUT2D eigenvalue weighted by molar-refractivity contribution is 7.98. The van der Waals surface area contributed by atoms with E-state index in [2.05, 4.69) is 0 Å². The average Bonchev–Trinajstić information content (AvgIpc) is 2.92. The lowest BCUT2D eigenvalue weighted by molar-refractivity contribution is 0.100. The number of thioether (sulfide) groups is 1. The normalized spacial score (nSPS) is 10.7. The lowest BCUT2D eigenvalue weighted by Gasteiger charge is -2.00. The van der Waals surface area contributed by atoms with Gasteiger partial charge in [0.15, 0.2) is 12.0 Å². The number of hydrogen-bond donors (Lipinski definition) is 0. The highest BCUT2D eigenvalue weighted by Gasteiger charge is 2.21. The monoisotopic (exact) mass is 296 g/mol. The van der Waals surface area contributed by atoms with E-state index in [4.69, 9.17) is 4.42 Å². The summed E-state index contributed by atoms with van der Waals surface area (Å²) in [7, 11) is 0. The highest BCUT2D eigenvalue weighted by Crippen LogP contribution is 2.27. The molecule has 0 atom stereocenters. The van der Waals surface area contributed by atoms with Crippen LogP contribution in [0.2, 0.25) is 0 Å². The summed E-state index contributed by atoms with van der Waals surface area (Å²) in [4.78, 5) is 24.9. The van der Waals surface area contributed by atoms with Gasteiger partial charge in [0.1, 0.15) is 5.58 Å². The summed E-state index contributed by atoms with van der Waals surface area (Å²) in [6.45, 7) is 0. The molecular formula is C17H12O3S. The van der Waals surface area contributed by atoms with Gasteiger partial charge in [-0.25, -0.2) is 0 Å². The van der Waals surface area contributed by atoms with Gasteiger partial charge < -0.3 is 4.42 Å². The number of fused-ring (bicyclic) bond motifs is 1. The highest BCUT2D eigenvalue weighted by atomic mass is 32.2. The number of hydrogen-bond acceptors (Lipinski definition) is 4. The topological polar surface area (TPSA) is 47.3 Å². The fraction of sp³-hybridized carbons (Fsp3) is 0.0588. The molecule has 0 spiro atoms. The number of carbonyl (C=O) groups is 2. The molecule has 0 aliphatic rings. The van der Waals surface area contributed by atoms with Crippen LogP contribution in [0.1, 0.15) is 26.5 Å². The van der Waals surface area contributed by atoms with Crippen molar-refractivity contribution in [2.75, 3.05) is 6.26 Å². The van der Waals surface area contributed by atoms with Gasteiger partial charge in [0.2, 0.25) is 5.78 Å². The van der Waals surface area contributed by atoms with Crippen LogP contribution >= 0.6 is 11.8 Å². The van der Waals surface area contributed by atoms with Gasteiger partial charge in [0.05, 0.1) is 5.56 Å². The first kappa shape index (κ1) is 13.6. The van der Waals surface area contributed by atoms with Gasteiger partial charge in [-0.3, -0.25) is 9.59 Å². The van der Waals surface area contributed by atoms with Gasteiger partial charge in [-0.15, -0.1) is 11.8 Å². The third kappa shape index (κ3) is 2.38. The molecule has 0 saturated carbocycles. The van der Waals surface area contributed by atoms with E-state index in [0.29, 0.717) is 28.4 Å². The Kier molecular flexibility index (Phi) is 3.62. The maximum atomic E-state index is 12.5. The molecule has 4 heteroatoms. The number of aldehydes is 1. The maximum absolute atomic E-state index is 12.5. The fourth-order valence-corrected chi connectivity index (χ4v) is 2.63. The van der Waals surface area contributed by atoms with Gasteiger partial charge in [0, 0.05) is 15.8 Å². The zero-order valence-corrected chi connectivity index (χ0v) is 12.1. The Bertz CT molecular complexity index is 816. The zero-order chi connectivity index (χ0) is 14.8. The molecule has 0 saturated heterocycles. The Morgan fingerprint density at radius 1 is 1.10 bits per heavy atom. The van der Waals surface area contributed by atoms with Gasteiger partial charge in [0.25, 0.3) is 0 Å². The molecule has 3 rings (SSSR count). The van der Waals surface area contributed by atoms with Crippen LogP contribution in [0.4, 0.5) is 0 Å². The molecule has 104 valence electrons. The summed E-state index contributed by atoms with van der Waals surface area (Å²) in [5.41, 5.74) is 1.36. The van der Waals surface area contributed by atoms with Crippen LogP contribution in [0.3, 0.4) is 0 Å². The predicted molar refractivity (Wildman–Crippen MR) is 83.3 cm³/mol. The molecule has 3 aromatic rings. The van der Waals surface area contributed by atoms with Crippen molar-refractivity contribution in [3.05, 3.63) is 65.4 Å². The van der Waals surface area contributed by atoms with E-state index in [0.717, 1.165) is 4.90 Å². The minimum atomic E-state index is -0.277. The van der Waals surface area contributed by atoms with E-state index in [9.17, 15) is 9.59 Å². The van der Waals surface area contributed by atoms with Crippen LogP contribution in [0.5, 0.6) is 0 Å². The second kappa shape index (κ2) is 5.58. The minimum Gasteiger partial charge on any atom is -0.452 e. The van der Waals surface area contributed by atoms with Crippen LogP contribution in [0, 0.1) is 0 Å². The number of carbonyl (C=O) groups excluding carboxylic acids is 2. The van der Waals surface area contributed by atoms with Gasteiger partial charge in [-0.1, -0.05) is 18.2 Å². The van der Waals surface area contributed by atoms with Crippen LogP contribution in [0.15, 0.2) is 57.8 Å². The molecule has 0 fully saturated rings. The minimum absolute atomic E-state index is 0.100. The Balaban J connectivity index is 2.10. The number of ketones is 1. The maximum Gasteiger partial charge on any atom is 0.228 e. The van der Waals surface area contributed by atoms with Crippen LogP contribution in [-0.4, -0.2) is 18.3 Å². The van der Waals surface area contributed by atoms with E-state index in [1.807, 2.05) is 30.5 Å². The first-order chi connectivity index (χ1) is 10.2. The molecule has 0 unspecified atom stereocenters. The van der Waals surface area contributed by atoms with E-state index in [1.165, 1.54) is 0 Å². The number of para-hydroxylation sites is 1. The van der Waals surface area contributed by atoms with Crippen molar-refractivity contribution in [3.8, 4) is 0 Å². The summed E-state index contributed by atoms with van der Waals surface area (Å²) >= 11 is 1.61. The first-order valence-electron chi connectivity index (χ1n) is 6.40. The lowest BCUT2D eigenvalue weighted by atomic mass is 10.0. The fourth-order valence-electron chi connectivity index (χ4n) is 2.22. The van der Waals surface area contributed by atoms with Crippen LogP contribution < -0.4 is 0 Å². The van der Waals surface area contributed by atoms with Crippen LogP contribution in [-0.2, 0) is 0 Å². The largest absolute Gasteiger partial charge is 0.452 e. The second-order valence-electron chi connectivity index (χ2n) is 4.52. The van der Waals surface area contributed by atoms with E-state index >= 15 is 0 Å². The van der Waals surface area contributed by atoms with Gasteiger partial charge >= 0.3 is 0 Å². The van der Waals surface area contributed by atoms with Crippen molar-refractivity contribution < 1.29 is 14.0 Å². The Morgan fingerprint density at radius 3 is 2.48 bits per heavy atom. The van der Waals surface area contributed by atoms with Gasteiger partial charge in [-0.2, -0.15) is 0 Å². The molecule has 2 aromatic carbocycles. The second-order valence-corrected chi connectivity index (χ2v) is 5.40. The van der Waals surface area contributed by atoms with Gasteiger partial charge in [-0.05, 0) is 36.6 Å². The van der Waals surface area contributed by atoms with Crippen LogP contribution in [0.25, 0.3) is 11.0 Å². The summed E-state index contributed by atoms with van der Waals surface area (Å²) in [6.07, 6.45) is 2.65. The first-order valence-corrected chi connectivity index (χ1v) is 7.62. The smallest absolute Gasteiger partial charge is 0.228 e. The van der Waals surface area contributed by atoms with E-state index in [-0.39, 0.29) is 11.5 Å². The average molecular weight is 296 g/mol. The predicted octanol–water partition coefficient (Wildman–Crippen LogP) is 4.20. The molecular weight excluding hydrogens is 284 g/mol. The molecule has 0 amide bonds. The lowest BCUT2D eigenvalue weighted by Crippen LogP contribution is -2.02. The zero-order valence-electron chi connectivity index (χ0n) is 11.3. The Morgan fingerprint density at radius 2 is 1.81 bits per heavy atom. The Hall–Kier alpha value is -2.33. The summed E-state index contributed by atoms with van der Waals surface area (Å²) in [6, 6.07) is 14.4. The van der Waals surface area contributed by atoms with Crippen molar-refractivity contribution in [1.82, 2.24) is 0 Å². The molecule has 3 nitrogen and oxygen atoms in total. The third-order valence-corrected chi connectivity index (χ3v) is 4.05. The summed E-state index contributed by atoms with van der Waals surface area (Å²) in [5, 5.41) is 0.664. The SMILES string of the molecule is CSc1ccc(C(=O)c2oc3ccccc3c2C=O)cc1. The molecule has 0 aliphatic carbocycles. The molecule has 21 heavy (non-hydrogen) atoms. The number of benzene rings is 2. The molecule has 1 aromatic heterocycles. The van der Waals surface area contributed by atoms with E-state index in [1.54, 1.807) is 36.0 Å². The van der Waals surface area contributed by atoms with Crippen molar-refractivity contribution in [2.45, 2.75) is 4.90 Å². The third-order valence-electron chi connectivity index (χ3n) is 3.31. The van der Waals surface area contributed by atoms with Crippen molar-refractivity contribution in [3.63, 3.8) is 0 Å². The van der Waals surface area contributed by atoms with Crippen molar-refractivity contribution >= 4 is 34.8 Å². The van der Waals surface area contributed by atoms with E-state index < -0.39 is 0 Å². The summed E-state index contributed by atoms with van der Waals surface area (Å²) < 4.78 is 5.58. The molecule has 0 bridgehead atoms. The van der Waals surface area contributed by atoms with Crippen molar-refractivity contribution in [1.29, 1.82) is 0 Å². The molecule has 0 radical (unpaired) electrons. The standard InChI is InChI=1S/C17H12O3S/c1-21-12-8-6-11(7-9-12)16(19)17-14(10-18)13-4-2-3-5-15(13)20-17/h2-10H,1H3. The van der Waals surface area contributed by atoms with Crippen molar-refractivity contribution in [2.24, 2.45) is 0 Å². The molecule has 1 heterocycles. The number of furan rings is 1. The molecule has 0 N–H and O–H groups in total. The summed E-state index contributed by atoms with van der Waals surface area (Å²) in [5.74, 6) is -0.177. The molecule has 0 aliphatic heterocycles. The quantitative estimate of drug-likeness (QED) is 0.411.